The number of methoxy groups -OCH3 is 1. The third-order valence-corrected chi connectivity index (χ3v) is 3.98. The van der Waals surface area contributed by atoms with E-state index in [0.29, 0.717) is 18.9 Å². The van der Waals surface area contributed by atoms with Gasteiger partial charge in [0.05, 0.1) is 7.11 Å². The Morgan fingerprint density at radius 3 is 2.90 bits per heavy atom. The summed E-state index contributed by atoms with van der Waals surface area (Å²) in [5.74, 6) is 0.133. The molecule has 1 unspecified atom stereocenters. The van der Waals surface area contributed by atoms with Crippen LogP contribution in [0.3, 0.4) is 0 Å². The summed E-state index contributed by atoms with van der Waals surface area (Å²) < 4.78 is 18.4. The third-order valence-electron chi connectivity index (χ3n) is 3.98. The van der Waals surface area contributed by atoms with Gasteiger partial charge in [-0.2, -0.15) is 0 Å². The number of hydrogen-bond donors (Lipinski definition) is 0. The average Bonchev–Trinajstić information content (AvgIpc) is 2.67. The van der Waals surface area contributed by atoms with E-state index in [1.165, 1.54) is 13.2 Å². The molecule has 0 radical (unpaired) electrons. The van der Waals surface area contributed by atoms with Gasteiger partial charge in [0.15, 0.2) is 0 Å². The number of carbonyl (C=O) groups excluding carboxylic acids is 1. The second kappa shape index (κ2) is 7.39. The summed E-state index contributed by atoms with van der Waals surface area (Å²) in [6.07, 6.45) is 3.58. The summed E-state index contributed by atoms with van der Waals surface area (Å²) in [6.45, 7) is 2.53. The van der Waals surface area contributed by atoms with Crippen LogP contribution in [0.5, 0.6) is 0 Å². The van der Waals surface area contributed by atoms with Crippen molar-refractivity contribution in [2.45, 2.75) is 32.2 Å². The summed E-state index contributed by atoms with van der Waals surface area (Å²) in [6, 6.07) is 6.93. The molecule has 0 aliphatic carbocycles. The van der Waals surface area contributed by atoms with Crippen molar-refractivity contribution < 1.29 is 13.9 Å². The van der Waals surface area contributed by atoms with Gasteiger partial charge in [0.25, 0.3) is 0 Å². The first-order valence-corrected chi connectivity index (χ1v) is 7.21. The van der Waals surface area contributed by atoms with Crippen LogP contribution < -0.4 is 0 Å². The van der Waals surface area contributed by atoms with Gasteiger partial charge >= 0.3 is 5.97 Å². The van der Waals surface area contributed by atoms with E-state index in [1.807, 2.05) is 12.1 Å². The highest BCUT2D eigenvalue weighted by atomic mass is 19.1. The van der Waals surface area contributed by atoms with Crippen LogP contribution in [0.2, 0.25) is 0 Å². The van der Waals surface area contributed by atoms with Gasteiger partial charge in [-0.1, -0.05) is 18.2 Å². The van der Waals surface area contributed by atoms with Gasteiger partial charge in [0.2, 0.25) is 0 Å². The van der Waals surface area contributed by atoms with Crippen molar-refractivity contribution in [2.24, 2.45) is 5.92 Å². The topological polar surface area (TPSA) is 29.5 Å². The molecule has 1 heterocycles. The van der Waals surface area contributed by atoms with E-state index < -0.39 is 0 Å². The number of hydrogen-bond acceptors (Lipinski definition) is 3. The fraction of sp³-hybridized carbons (Fsp3) is 0.562. The Morgan fingerprint density at radius 1 is 1.35 bits per heavy atom. The Kier molecular flexibility index (Phi) is 5.53. The first-order valence-electron chi connectivity index (χ1n) is 7.21. The number of carbonyl (C=O) groups is 1. The molecule has 1 fully saturated rings. The summed E-state index contributed by atoms with van der Waals surface area (Å²) >= 11 is 0. The minimum Gasteiger partial charge on any atom is -0.469 e. The molecule has 110 valence electrons. The molecule has 1 aromatic rings. The molecular weight excluding hydrogens is 257 g/mol. The van der Waals surface area contributed by atoms with E-state index >= 15 is 0 Å². The zero-order valence-electron chi connectivity index (χ0n) is 12.0. The average molecular weight is 279 g/mol. The summed E-state index contributed by atoms with van der Waals surface area (Å²) in [5.41, 5.74) is 0.749. The summed E-state index contributed by atoms with van der Waals surface area (Å²) in [7, 11) is 1.43. The summed E-state index contributed by atoms with van der Waals surface area (Å²) in [5, 5.41) is 0. The number of rotatable bonds is 4. The van der Waals surface area contributed by atoms with Crippen molar-refractivity contribution in [3.63, 3.8) is 0 Å². The van der Waals surface area contributed by atoms with Crippen molar-refractivity contribution in [2.75, 3.05) is 20.2 Å². The van der Waals surface area contributed by atoms with Crippen LogP contribution in [0.1, 0.15) is 31.2 Å². The molecule has 0 spiro atoms. The van der Waals surface area contributed by atoms with Crippen LogP contribution in [0, 0.1) is 11.7 Å². The van der Waals surface area contributed by atoms with Crippen LogP contribution >= 0.6 is 0 Å². The number of ether oxygens (including phenoxy) is 1. The molecule has 0 amide bonds. The van der Waals surface area contributed by atoms with Crippen molar-refractivity contribution in [1.82, 2.24) is 4.90 Å². The minimum atomic E-state index is -0.136. The highest BCUT2D eigenvalue weighted by Crippen LogP contribution is 2.22. The first-order chi connectivity index (χ1) is 9.69. The van der Waals surface area contributed by atoms with E-state index in [4.69, 9.17) is 4.74 Å². The largest absolute Gasteiger partial charge is 0.469 e. The quantitative estimate of drug-likeness (QED) is 0.794. The van der Waals surface area contributed by atoms with Gasteiger partial charge in [-0.25, -0.2) is 4.39 Å². The summed E-state index contributed by atoms with van der Waals surface area (Å²) in [4.78, 5) is 13.6. The van der Waals surface area contributed by atoms with Gasteiger partial charge in [0, 0.05) is 18.5 Å². The van der Waals surface area contributed by atoms with Gasteiger partial charge in [-0.3, -0.25) is 9.69 Å². The Bertz CT molecular complexity index is 450. The molecule has 1 atom stereocenters. The molecule has 4 heteroatoms. The van der Waals surface area contributed by atoms with Crippen LogP contribution in [0.15, 0.2) is 24.3 Å². The highest BCUT2D eigenvalue weighted by Gasteiger charge is 2.20. The van der Waals surface area contributed by atoms with Gasteiger partial charge in [-0.05, 0) is 44.3 Å². The number of likely N-dealkylation sites (tertiary alicyclic amines) is 1. The molecule has 0 aromatic heterocycles. The zero-order chi connectivity index (χ0) is 14.4. The molecule has 20 heavy (non-hydrogen) atoms. The van der Waals surface area contributed by atoms with Crippen LogP contribution in [0.25, 0.3) is 0 Å². The Morgan fingerprint density at radius 2 is 2.15 bits per heavy atom. The fourth-order valence-electron chi connectivity index (χ4n) is 2.77. The zero-order valence-corrected chi connectivity index (χ0v) is 12.0. The monoisotopic (exact) mass is 279 g/mol. The third kappa shape index (κ3) is 4.30. The second-order valence-electron chi connectivity index (χ2n) is 5.44. The van der Waals surface area contributed by atoms with Crippen molar-refractivity contribution >= 4 is 5.97 Å². The second-order valence-corrected chi connectivity index (χ2v) is 5.44. The van der Waals surface area contributed by atoms with Gasteiger partial charge < -0.3 is 4.74 Å². The SMILES string of the molecule is COC(=O)CC1CCCN(Cc2ccccc2F)CC1. The fourth-order valence-corrected chi connectivity index (χ4v) is 2.77. The molecule has 1 aliphatic rings. The van der Waals surface area contributed by atoms with Gasteiger partial charge in [0.1, 0.15) is 5.82 Å². The van der Waals surface area contributed by atoms with Crippen LogP contribution in [-0.4, -0.2) is 31.1 Å². The van der Waals surface area contributed by atoms with E-state index in [2.05, 4.69) is 4.90 Å². The minimum absolute atomic E-state index is 0.127. The molecule has 0 N–H and O–H groups in total. The lowest BCUT2D eigenvalue weighted by atomic mass is 9.97. The number of nitrogens with zero attached hydrogens (tertiary/aromatic N) is 1. The lowest BCUT2D eigenvalue weighted by molar-refractivity contribution is -0.141. The van der Waals surface area contributed by atoms with Crippen molar-refractivity contribution in [3.8, 4) is 0 Å². The number of halogens is 1. The smallest absolute Gasteiger partial charge is 0.305 e. The molecule has 3 nitrogen and oxygen atoms in total. The number of esters is 1. The molecule has 1 aliphatic heterocycles. The van der Waals surface area contributed by atoms with Crippen molar-refractivity contribution in [3.05, 3.63) is 35.6 Å². The molecule has 1 aromatic carbocycles. The van der Waals surface area contributed by atoms with E-state index in [9.17, 15) is 9.18 Å². The van der Waals surface area contributed by atoms with Crippen LogP contribution in [-0.2, 0) is 16.1 Å². The lowest BCUT2D eigenvalue weighted by Gasteiger charge is -2.20. The maximum absolute atomic E-state index is 13.7. The van der Waals surface area contributed by atoms with Crippen LogP contribution in [0.4, 0.5) is 4.39 Å². The lowest BCUT2D eigenvalue weighted by Crippen LogP contribution is -2.25. The van der Waals surface area contributed by atoms with E-state index in [-0.39, 0.29) is 11.8 Å². The molecule has 2 rings (SSSR count). The maximum atomic E-state index is 13.7. The molecular formula is C16H22FNO2. The highest BCUT2D eigenvalue weighted by molar-refractivity contribution is 5.69. The Labute approximate surface area is 119 Å². The molecule has 1 saturated heterocycles. The normalized spacial score (nSPS) is 20.4. The van der Waals surface area contributed by atoms with E-state index in [1.54, 1.807) is 6.07 Å². The van der Waals surface area contributed by atoms with E-state index in [0.717, 1.165) is 37.9 Å². The maximum Gasteiger partial charge on any atom is 0.305 e. The van der Waals surface area contributed by atoms with Gasteiger partial charge in [-0.15, -0.1) is 0 Å². The number of benzene rings is 1. The Hall–Kier alpha value is -1.42. The Balaban J connectivity index is 1.87. The standard InChI is InChI=1S/C16H22FNO2/c1-20-16(19)11-13-5-4-9-18(10-8-13)12-14-6-2-3-7-15(14)17/h2-3,6-7,13H,4-5,8-12H2,1H3. The predicted molar refractivity (Wildman–Crippen MR) is 75.7 cm³/mol. The first kappa shape index (κ1) is 15.0. The molecule has 0 bridgehead atoms. The van der Waals surface area contributed by atoms with Crippen molar-refractivity contribution in [1.29, 1.82) is 0 Å². The molecule has 0 saturated carbocycles. The predicted octanol–water partition coefficient (Wildman–Crippen LogP) is 2.99.